The Morgan fingerprint density at radius 1 is 1.67 bits per heavy atom. The van der Waals surface area contributed by atoms with Gasteiger partial charge in [0.05, 0.1) is 6.10 Å². The number of ether oxygens (including phenoxy) is 1. The van der Waals surface area contributed by atoms with Gasteiger partial charge in [0.1, 0.15) is 6.33 Å². The van der Waals surface area contributed by atoms with E-state index in [2.05, 4.69) is 20.5 Å². The predicted molar refractivity (Wildman–Crippen MR) is 52.3 cm³/mol. The molecule has 1 aliphatic rings. The average Bonchev–Trinajstić information content (AvgIpc) is 2.81. The number of hydrogen-bond donors (Lipinski definition) is 2. The highest BCUT2D eigenvalue weighted by Crippen LogP contribution is 2.11. The third-order valence-electron chi connectivity index (χ3n) is 2.39. The lowest BCUT2D eigenvalue weighted by Crippen LogP contribution is -2.35. The molecule has 1 aliphatic heterocycles. The van der Waals surface area contributed by atoms with Crippen LogP contribution >= 0.6 is 0 Å². The van der Waals surface area contributed by atoms with Crippen LogP contribution in [0.15, 0.2) is 6.33 Å². The van der Waals surface area contributed by atoms with Crippen LogP contribution < -0.4 is 5.32 Å². The zero-order chi connectivity index (χ0) is 10.5. The highest BCUT2D eigenvalue weighted by Gasteiger charge is 2.15. The van der Waals surface area contributed by atoms with Gasteiger partial charge >= 0.3 is 0 Å². The van der Waals surface area contributed by atoms with E-state index in [0.717, 1.165) is 19.4 Å². The molecule has 6 nitrogen and oxygen atoms in total. The molecule has 0 aromatic carbocycles. The van der Waals surface area contributed by atoms with Crippen molar-refractivity contribution in [2.75, 3.05) is 13.2 Å². The molecule has 2 rings (SSSR count). The lowest BCUT2D eigenvalue weighted by molar-refractivity contribution is 0.0168. The number of hydrogen-bond acceptors (Lipinski definition) is 4. The Morgan fingerprint density at radius 3 is 3.27 bits per heavy atom. The van der Waals surface area contributed by atoms with E-state index < -0.39 is 0 Å². The van der Waals surface area contributed by atoms with Crippen molar-refractivity contribution < 1.29 is 9.53 Å². The molecular weight excluding hydrogens is 196 g/mol. The SMILES string of the molecule is O=C(NCC1CCCCO1)c1ncn[nH]1. The lowest BCUT2D eigenvalue weighted by Gasteiger charge is -2.22. The van der Waals surface area contributed by atoms with E-state index in [4.69, 9.17) is 4.74 Å². The van der Waals surface area contributed by atoms with Gasteiger partial charge in [0.15, 0.2) is 0 Å². The Morgan fingerprint density at radius 2 is 2.60 bits per heavy atom. The molecule has 2 N–H and O–H groups in total. The fourth-order valence-electron chi connectivity index (χ4n) is 1.57. The number of aromatic nitrogens is 3. The standard InChI is InChI=1S/C9H14N4O2/c14-9(8-11-6-12-13-8)10-5-7-3-1-2-4-15-7/h6-7H,1-5H2,(H,10,14)(H,11,12,13). The van der Waals surface area contributed by atoms with Gasteiger partial charge < -0.3 is 10.1 Å². The van der Waals surface area contributed by atoms with Crippen LogP contribution in [-0.2, 0) is 4.74 Å². The van der Waals surface area contributed by atoms with Gasteiger partial charge in [-0.15, -0.1) is 0 Å². The smallest absolute Gasteiger partial charge is 0.288 e. The van der Waals surface area contributed by atoms with Crippen LogP contribution in [0.3, 0.4) is 0 Å². The predicted octanol–water partition coefficient (Wildman–Crippen LogP) is 0.104. The Labute approximate surface area is 87.4 Å². The molecule has 1 saturated heterocycles. The summed E-state index contributed by atoms with van der Waals surface area (Å²) in [6.07, 6.45) is 4.75. The summed E-state index contributed by atoms with van der Waals surface area (Å²) in [6, 6.07) is 0. The number of H-pyrrole nitrogens is 1. The van der Waals surface area contributed by atoms with E-state index in [9.17, 15) is 4.79 Å². The summed E-state index contributed by atoms with van der Waals surface area (Å²) < 4.78 is 5.48. The minimum absolute atomic E-state index is 0.144. The molecular formula is C9H14N4O2. The van der Waals surface area contributed by atoms with Gasteiger partial charge in [-0.1, -0.05) is 0 Å². The van der Waals surface area contributed by atoms with Crippen LogP contribution in [0.4, 0.5) is 0 Å². The van der Waals surface area contributed by atoms with Gasteiger partial charge in [-0.2, -0.15) is 5.10 Å². The lowest BCUT2D eigenvalue weighted by atomic mass is 10.1. The van der Waals surface area contributed by atoms with Crippen LogP contribution in [0, 0.1) is 0 Å². The molecule has 1 atom stereocenters. The fraction of sp³-hybridized carbons (Fsp3) is 0.667. The van der Waals surface area contributed by atoms with Gasteiger partial charge in [-0.25, -0.2) is 4.98 Å². The maximum atomic E-state index is 11.4. The second kappa shape index (κ2) is 4.88. The zero-order valence-electron chi connectivity index (χ0n) is 8.40. The minimum atomic E-state index is -0.235. The summed E-state index contributed by atoms with van der Waals surface area (Å²) in [4.78, 5) is 15.2. The number of carbonyl (C=O) groups is 1. The monoisotopic (exact) mass is 210 g/mol. The van der Waals surface area contributed by atoms with Crippen molar-refractivity contribution in [2.24, 2.45) is 0 Å². The van der Waals surface area contributed by atoms with E-state index in [0.29, 0.717) is 6.54 Å². The molecule has 0 saturated carbocycles. The van der Waals surface area contributed by atoms with Gasteiger partial charge in [-0.05, 0) is 19.3 Å². The fourth-order valence-corrected chi connectivity index (χ4v) is 1.57. The normalized spacial score (nSPS) is 21.2. The molecule has 0 aliphatic carbocycles. The maximum Gasteiger partial charge on any atom is 0.288 e. The molecule has 15 heavy (non-hydrogen) atoms. The number of aromatic amines is 1. The third-order valence-corrected chi connectivity index (χ3v) is 2.39. The number of carbonyl (C=O) groups excluding carboxylic acids is 1. The van der Waals surface area contributed by atoms with Crippen molar-refractivity contribution in [3.63, 3.8) is 0 Å². The molecule has 82 valence electrons. The molecule has 1 aromatic heterocycles. The second-order valence-electron chi connectivity index (χ2n) is 3.53. The van der Waals surface area contributed by atoms with Crippen molar-refractivity contribution in [3.8, 4) is 0 Å². The molecule has 1 amide bonds. The average molecular weight is 210 g/mol. The third kappa shape index (κ3) is 2.76. The molecule has 1 unspecified atom stereocenters. The summed E-state index contributed by atoms with van der Waals surface area (Å²) in [5.41, 5.74) is 0. The van der Waals surface area contributed by atoms with Crippen LogP contribution in [-0.4, -0.2) is 40.3 Å². The van der Waals surface area contributed by atoms with Crippen molar-refractivity contribution >= 4 is 5.91 Å². The molecule has 0 bridgehead atoms. The first kappa shape index (κ1) is 10.1. The van der Waals surface area contributed by atoms with E-state index in [1.54, 1.807) is 0 Å². The Bertz CT molecular complexity index is 306. The summed E-state index contributed by atoms with van der Waals surface area (Å²) in [6.45, 7) is 1.34. The molecule has 0 radical (unpaired) electrons. The molecule has 1 aromatic rings. The van der Waals surface area contributed by atoms with Crippen molar-refractivity contribution in [1.82, 2.24) is 20.5 Å². The summed E-state index contributed by atoms with van der Waals surface area (Å²) >= 11 is 0. The van der Waals surface area contributed by atoms with Gasteiger partial charge in [0, 0.05) is 13.2 Å². The summed E-state index contributed by atoms with van der Waals surface area (Å²) in [5, 5.41) is 8.88. The Kier molecular flexibility index (Phi) is 3.29. The summed E-state index contributed by atoms with van der Waals surface area (Å²) in [5.74, 6) is 0.00693. The Hall–Kier alpha value is -1.43. The number of nitrogens with zero attached hydrogens (tertiary/aromatic N) is 2. The zero-order valence-corrected chi connectivity index (χ0v) is 8.40. The van der Waals surface area contributed by atoms with Crippen molar-refractivity contribution in [1.29, 1.82) is 0 Å². The maximum absolute atomic E-state index is 11.4. The topological polar surface area (TPSA) is 79.9 Å². The molecule has 2 heterocycles. The van der Waals surface area contributed by atoms with Crippen molar-refractivity contribution in [3.05, 3.63) is 12.2 Å². The van der Waals surface area contributed by atoms with E-state index >= 15 is 0 Å². The number of nitrogens with one attached hydrogen (secondary N) is 2. The molecule has 0 spiro atoms. The van der Waals surface area contributed by atoms with E-state index in [1.807, 2.05) is 0 Å². The Balaban J connectivity index is 1.75. The quantitative estimate of drug-likeness (QED) is 0.741. The molecule has 6 heteroatoms. The number of rotatable bonds is 3. The van der Waals surface area contributed by atoms with Crippen molar-refractivity contribution in [2.45, 2.75) is 25.4 Å². The van der Waals surface area contributed by atoms with Crippen LogP contribution in [0.1, 0.15) is 29.9 Å². The largest absolute Gasteiger partial charge is 0.376 e. The first-order valence-electron chi connectivity index (χ1n) is 5.11. The number of amides is 1. The van der Waals surface area contributed by atoms with E-state index in [1.165, 1.54) is 12.7 Å². The first-order chi connectivity index (χ1) is 7.36. The van der Waals surface area contributed by atoms with Gasteiger partial charge in [0.25, 0.3) is 5.91 Å². The summed E-state index contributed by atoms with van der Waals surface area (Å²) in [7, 11) is 0. The van der Waals surface area contributed by atoms with Gasteiger partial charge in [-0.3, -0.25) is 9.89 Å². The van der Waals surface area contributed by atoms with E-state index in [-0.39, 0.29) is 17.8 Å². The second-order valence-corrected chi connectivity index (χ2v) is 3.53. The van der Waals surface area contributed by atoms with Crippen LogP contribution in [0.25, 0.3) is 0 Å². The molecule has 1 fully saturated rings. The first-order valence-corrected chi connectivity index (χ1v) is 5.11. The highest BCUT2D eigenvalue weighted by molar-refractivity contribution is 5.90. The minimum Gasteiger partial charge on any atom is -0.376 e. The van der Waals surface area contributed by atoms with Crippen LogP contribution in [0.2, 0.25) is 0 Å². The highest BCUT2D eigenvalue weighted by atomic mass is 16.5. The van der Waals surface area contributed by atoms with Crippen LogP contribution in [0.5, 0.6) is 0 Å². The van der Waals surface area contributed by atoms with Gasteiger partial charge in [0.2, 0.25) is 5.82 Å².